The summed E-state index contributed by atoms with van der Waals surface area (Å²) >= 11 is 3.57. The van der Waals surface area contributed by atoms with Crippen molar-refractivity contribution in [1.29, 1.82) is 0 Å². The Labute approximate surface area is 131 Å². The summed E-state index contributed by atoms with van der Waals surface area (Å²) in [6, 6.07) is 9.15. The van der Waals surface area contributed by atoms with E-state index in [0.717, 1.165) is 11.8 Å². The van der Waals surface area contributed by atoms with E-state index < -0.39 is 0 Å². The second-order valence-corrected chi connectivity index (χ2v) is 7.31. The van der Waals surface area contributed by atoms with Crippen LogP contribution in [0, 0.1) is 11.8 Å². The standard InChI is InChI=1S/C17H25BrN2/c1-19-17(13-4-3-7-16(18)10-13)8-9-20-11-14-5-2-6-15(14)12-20/h3-4,7,10,14-15,17,19H,2,5-6,8-9,11-12H2,1H3. The molecule has 3 atom stereocenters. The van der Waals surface area contributed by atoms with Crippen molar-refractivity contribution in [2.45, 2.75) is 31.7 Å². The van der Waals surface area contributed by atoms with Crippen molar-refractivity contribution in [1.82, 2.24) is 10.2 Å². The van der Waals surface area contributed by atoms with Gasteiger partial charge in [0.25, 0.3) is 0 Å². The van der Waals surface area contributed by atoms with Gasteiger partial charge in [0.1, 0.15) is 0 Å². The van der Waals surface area contributed by atoms with E-state index in [1.165, 1.54) is 55.4 Å². The summed E-state index contributed by atoms with van der Waals surface area (Å²) in [6.07, 6.45) is 5.62. The molecule has 1 aromatic rings. The normalized spacial score (nSPS) is 27.7. The van der Waals surface area contributed by atoms with Crippen molar-refractivity contribution in [2.24, 2.45) is 11.8 Å². The maximum atomic E-state index is 3.57. The lowest BCUT2D eigenvalue weighted by Gasteiger charge is -2.22. The molecule has 1 heterocycles. The lowest BCUT2D eigenvalue weighted by atomic mass is 10.0. The van der Waals surface area contributed by atoms with Gasteiger partial charge < -0.3 is 10.2 Å². The van der Waals surface area contributed by atoms with E-state index in [2.05, 4.69) is 57.5 Å². The Morgan fingerprint density at radius 1 is 1.30 bits per heavy atom. The SMILES string of the molecule is CNC(CCN1CC2CCCC2C1)c1cccc(Br)c1. The molecule has 110 valence electrons. The van der Waals surface area contributed by atoms with Gasteiger partial charge >= 0.3 is 0 Å². The zero-order valence-corrected chi connectivity index (χ0v) is 13.9. The summed E-state index contributed by atoms with van der Waals surface area (Å²) in [7, 11) is 2.07. The number of halogens is 1. The van der Waals surface area contributed by atoms with Gasteiger partial charge in [-0.25, -0.2) is 0 Å². The molecule has 1 aliphatic carbocycles. The van der Waals surface area contributed by atoms with Crippen LogP contribution in [0.2, 0.25) is 0 Å². The van der Waals surface area contributed by atoms with Crippen LogP contribution in [0.3, 0.4) is 0 Å². The second-order valence-electron chi connectivity index (χ2n) is 6.40. The summed E-state index contributed by atoms with van der Waals surface area (Å²) in [4.78, 5) is 2.69. The third-order valence-corrected chi connectivity index (χ3v) is 5.63. The van der Waals surface area contributed by atoms with Crippen molar-refractivity contribution in [3.8, 4) is 0 Å². The number of rotatable bonds is 5. The van der Waals surface area contributed by atoms with Crippen LogP contribution in [0.5, 0.6) is 0 Å². The Balaban J connectivity index is 1.54. The molecule has 2 fully saturated rings. The molecule has 20 heavy (non-hydrogen) atoms. The second kappa shape index (κ2) is 6.59. The first kappa shape index (κ1) is 14.6. The van der Waals surface area contributed by atoms with Crippen LogP contribution in [0.25, 0.3) is 0 Å². The average molecular weight is 337 g/mol. The molecule has 0 spiro atoms. The van der Waals surface area contributed by atoms with Crippen molar-refractivity contribution in [3.63, 3.8) is 0 Å². The summed E-state index contributed by atoms with van der Waals surface area (Å²) in [5, 5.41) is 3.47. The highest BCUT2D eigenvalue weighted by Crippen LogP contribution is 2.37. The number of fused-ring (bicyclic) bond motifs is 1. The molecule has 0 bridgehead atoms. The van der Waals surface area contributed by atoms with Gasteiger partial charge in [0, 0.05) is 23.6 Å². The molecule has 2 aliphatic rings. The Kier molecular flexibility index (Phi) is 4.79. The molecular weight excluding hydrogens is 312 g/mol. The predicted octanol–water partition coefficient (Wildman–Crippen LogP) is 3.83. The Bertz CT molecular complexity index is 436. The minimum Gasteiger partial charge on any atom is -0.313 e. The molecule has 0 amide bonds. The van der Waals surface area contributed by atoms with Gasteiger partial charge in [0.15, 0.2) is 0 Å². The van der Waals surface area contributed by atoms with E-state index in [9.17, 15) is 0 Å². The number of hydrogen-bond donors (Lipinski definition) is 1. The van der Waals surface area contributed by atoms with Gasteiger partial charge in [-0.05, 0) is 62.4 Å². The molecule has 1 aliphatic heterocycles. The minimum absolute atomic E-state index is 0.466. The lowest BCUT2D eigenvalue weighted by molar-refractivity contribution is 0.291. The summed E-state index contributed by atoms with van der Waals surface area (Å²) in [5.41, 5.74) is 1.39. The van der Waals surface area contributed by atoms with Crippen LogP contribution in [0.15, 0.2) is 28.7 Å². The highest BCUT2D eigenvalue weighted by atomic mass is 79.9. The zero-order valence-electron chi connectivity index (χ0n) is 12.3. The molecule has 3 rings (SSSR count). The largest absolute Gasteiger partial charge is 0.313 e. The summed E-state index contributed by atoms with van der Waals surface area (Å²) in [6.45, 7) is 3.92. The van der Waals surface area contributed by atoms with E-state index in [1.54, 1.807) is 0 Å². The molecule has 2 nitrogen and oxygen atoms in total. The first-order chi connectivity index (χ1) is 9.76. The first-order valence-corrected chi connectivity index (χ1v) is 8.70. The van der Waals surface area contributed by atoms with Crippen LogP contribution in [0.4, 0.5) is 0 Å². The van der Waals surface area contributed by atoms with E-state index in [1.807, 2.05) is 0 Å². The molecule has 3 heteroatoms. The number of hydrogen-bond acceptors (Lipinski definition) is 2. The third-order valence-electron chi connectivity index (χ3n) is 5.14. The van der Waals surface area contributed by atoms with Gasteiger partial charge in [-0.2, -0.15) is 0 Å². The predicted molar refractivity (Wildman–Crippen MR) is 87.8 cm³/mol. The maximum absolute atomic E-state index is 3.57. The monoisotopic (exact) mass is 336 g/mol. The van der Waals surface area contributed by atoms with Crippen molar-refractivity contribution < 1.29 is 0 Å². The molecule has 0 radical (unpaired) electrons. The molecule has 3 unspecified atom stereocenters. The smallest absolute Gasteiger partial charge is 0.0330 e. The number of benzene rings is 1. The Hall–Kier alpha value is -0.380. The van der Waals surface area contributed by atoms with Gasteiger partial charge in [0.2, 0.25) is 0 Å². The fourth-order valence-corrected chi connectivity index (χ4v) is 4.44. The quantitative estimate of drug-likeness (QED) is 0.878. The average Bonchev–Trinajstić information content (AvgIpc) is 3.00. The fraction of sp³-hybridized carbons (Fsp3) is 0.647. The molecule has 1 saturated carbocycles. The molecule has 1 saturated heterocycles. The Morgan fingerprint density at radius 2 is 2.05 bits per heavy atom. The highest BCUT2D eigenvalue weighted by Gasteiger charge is 2.35. The zero-order chi connectivity index (χ0) is 13.9. The molecule has 0 aromatic heterocycles. The maximum Gasteiger partial charge on any atom is 0.0330 e. The van der Waals surface area contributed by atoms with E-state index in [0.29, 0.717) is 6.04 Å². The van der Waals surface area contributed by atoms with Gasteiger partial charge in [-0.3, -0.25) is 0 Å². The van der Waals surface area contributed by atoms with Crippen LogP contribution in [-0.4, -0.2) is 31.6 Å². The van der Waals surface area contributed by atoms with Gasteiger partial charge in [-0.15, -0.1) is 0 Å². The van der Waals surface area contributed by atoms with Crippen molar-refractivity contribution in [3.05, 3.63) is 34.3 Å². The number of nitrogens with one attached hydrogen (secondary N) is 1. The van der Waals surface area contributed by atoms with Crippen molar-refractivity contribution >= 4 is 15.9 Å². The number of nitrogens with zero attached hydrogens (tertiary/aromatic N) is 1. The minimum atomic E-state index is 0.466. The van der Waals surface area contributed by atoms with Gasteiger partial charge in [0.05, 0.1) is 0 Å². The fourth-order valence-electron chi connectivity index (χ4n) is 4.03. The van der Waals surface area contributed by atoms with Crippen LogP contribution < -0.4 is 5.32 Å². The van der Waals surface area contributed by atoms with Crippen LogP contribution >= 0.6 is 15.9 Å². The number of likely N-dealkylation sites (tertiary alicyclic amines) is 1. The topological polar surface area (TPSA) is 15.3 Å². The van der Waals surface area contributed by atoms with Crippen molar-refractivity contribution in [2.75, 3.05) is 26.7 Å². The molecule has 1 N–H and O–H groups in total. The highest BCUT2D eigenvalue weighted by molar-refractivity contribution is 9.10. The van der Waals surface area contributed by atoms with E-state index >= 15 is 0 Å². The third kappa shape index (κ3) is 3.26. The Morgan fingerprint density at radius 3 is 2.70 bits per heavy atom. The van der Waals surface area contributed by atoms with Gasteiger partial charge in [-0.1, -0.05) is 34.5 Å². The molecular formula is C17H25BrN2. The summed E-state index contributed by atoms with van der Waals surface area (Å²) < 4.78 is 1.17. The molecule has 1 aromatic carbocycles. The first-order valence-electron chi connectivity index (χ1n) is 7.91. The van der Waals surface area contributed by atoms with Crippen LogP contribution in [-0.2, 0) is 0 Å². The van der Waals surface area contributed by atoms with E-state index in [4.69, 9.17) is 0 Å². The van der Waals surface area contributed by atoms with Crippen LogP contribution in [0.1, 0.15) is 37.3 Å². The lowest BCUT2D eigenvalue weighted by Crippen LogP contribution is -2.27. The van der Waals surface area contributed by atoms with E-state index in [-0.39, 0.29) is 0 Å². The summed E-state index contributed by atoms with van der Waals surface area (Å²) in [5.74, 6) is 2.02.